The monoisotopic (exact) mass is 362 g/mol. The summed E-state index contributed by atoms with van der Waals surface area (Å²) >= 11 is -1.74. The van der Waals surface area contributed by atoms with Gasteiger partial charge in [0.25, 0.3) is 17.7 Å². The fraction of sp³-hybridized carbons (Fsp3) is 0.375. The summed E-state index contributed by atoms with van der Waals surface area (Å²) < 4.78 is 11.6. The van der Waals surface area contributed by atoms with Crippen LogP contribution in [0.3, 0.4) is 0 Å². The van der Waals surface area contributed by atoms with Crippen molar-refractivity contribution < 1.29 is 28.8 Å². The topological polar surface area (TPSA) is 118 Å². The number of nitrogens with zero attached hydrogens (tertiary/aromatic N) is 2. The van der Waals surface area contributed by atoms with Crippen LogP contribution in [0.4, 0.5) is 0 Å². The molecule has 3 aliphatic rings. The predicted octanol–water partition coefficient (Wildman–Crippen LogP) is -0.186. The third-order valence-corrected chi connectivity index (χ3v) is 7.25. The molecule has 3 amide bonds. The van der Waals surface area contributed by atoms with Crippen molar-refractivity contribution in [1.82, 2.24) is 9.80 Å². The number of carbonyl (C=O) groups excluding carboxylic acids is 3. The van der Waals surface area contributed by atoms with E-state index in [2.05, 4.69) is 0 Å². The molecule has 0 saturated carbocycles. The molecule has 3 heterocycles. The third kappa shape index (κ3) is 1.77. The minimum absolute atomic E-state index is 0.191. The van der Waals surface area contributed by atoms with Crippen LogP contribution in [0.25, 0.3) is 0 Å². The summed E-state index contributed by atoms with van der Waals surface area (Å²) in [5.41, 5.74) is 0.383. The number of imide groups is 1. The highest BCUT2D eigenvalue weighted by Crippen LogP contribution is 2.48. The summed E-state index contributed by atoms with van der Waals surface area (Å²) in [5, 5.41) is 8.43. The maximum absolute atomic E-state index is 12.8. The number of hydrogen-bond acceptors (Lipinski definition) is 5. The average Bonchev–Trinajstić information content (AvgIpc) is 2.91. The van der Waals surface area contributed by atoms with Crippen molar-refractivity contribution in [2.45, 2.75) is 36.1 Å². The number of amides is 3. The van der Waals surface area contributed by atoms with Gasteiger partial charge in [0.05, 0.1) is 11.1 Å². The van der Waals surface area contributed by atoms with Gasteiger partial charge < -0.3 is 9.66 Å². The largest absolute Gasteiger partial charge is 0.614 e. The van der Waals surface area contributed by atoms with Crippen LogP contribution in [0.15, 0.2) is 24.3 Å². The van der Waals surface area contributed by atoms with E-state index in [1.807, 2.05) is 0 Å². The van der Waals surface area contributed by atoms with Gasteiger partial charge >= 0.3 is 5.97 Å². The molecule has 8 nitrogen and oxygen atoms in total. The van der Waals surface area contributed by atoms with Crippen molar-refractivity contribution in [3.05, 3.63) is 35.4 Å². The molecule has 0 unspecified atom stereocenters. The fourth-order valence-electron chi connectivity index (χ4n) is 3.84. The molecule has 0 aromatic heterocycles. The van der Waals surface area contributed by atoms with Gasteiger partial charge in [-0.1, -0.05) is 12.1 Å². The lowest BCUT2D eigenvalue weighted by Gasteiger charge is -2.44. The highest BCUT2D eigenvalue weighted by Gasteiger charge is 2.75. The zero-order valence-electron chi connectivity index (χ0n) is 13.3. The Morgan fingerprint density at radius 3 is 2.16 bits per heavy atom. The van der Waals surface area contributed by atoms with Gasteiger partial charge in [0.15, 0.2) is 16.8 Å². The number of carbonyl (C=O) groups is 4. The Labute approximate surface area is 145 Å². The van der Waals surface area contributed by atoms with Gasteiger partial charge in [-0.3, -0.25) is 24.2 Å². The van der Waals surface area contributed by atoms with Gasteiger partial charge in [-0.15, -0.1) is 0 Å². The second-order valence-corrected chi connectivity index (χ2v) is 8.88. The minimum Gasteiger partial charge on any atom is -0.614 e. The zero-order chi connectivity index (χ0) is 18.3. The minimum atomic E-state index is -1.74. The number of benzene rings is 1. The first-order chi connectivity index (χ1) is 11.7. The molecule has 25 heavy (non-hydrogen) atoms. The maximum atomic E-state index is 12.8. The zero-order valence-corrected chi connectivity index (χ0v) is 14.1. The maximum Gasteiger partial charge on any atom is 0.332 e. The van der Waals surface area contributed by atoms with Gasteiger partial charge in [0.2, 0.25) is 5.37 Å². The lowest BCUT2D eigenvalue weighted by Crippen LogP contribution is -2.72. The van der Waals surface area contributed by atoms with Crippen LogP contribution >= 0.6 is 0 Å². The molecule has 130 valence electrons. The Bertz CT molecular complexity index is 818. The summed E-state index contributed by atoms with van der Waals surface area (Å²) in [7, 11) is 0. The lowest BCUT2D eigenvalue weighted by molar-refractivity contribution is -0.162. The van der Waals surface area contributed by atoms with Crippen molar-refractivity contribution in [2.24, 2.45) is 0 Å². The molecule has 0 radical (unpaired) electrons. The van der Waals surface area contributed by atoms with E-state index in [0.29, 0.717) is 0 Å². The van der Waals surface area contributed by atoms with E-state index in [-0.39, 0.29) is 11.1 Å². The average molecular weight is 362 g/mol. The Balaban J connectivity index is 1.74. The van der Waals surface area contributed by atoms with Gasteiger partial charge in [-0.25, -0.2) is 4.79 Å². The van der Waals surface area contributed by atoms with E-state index >= 15 is 0 Å². The highest BCUT2D eigenvalue weighted by atomic mass is 32.2. The second-order valence-electron chi connectivity index (χ2n) is 6.75. The normalized spacial score (nSPS) is 32.5. The van der Waals surface area contributed by atoms with Crippen molar-refractivity contribution in [1.29, 1.82) is 0 Å². The molecule has 1 N–H and O–H groups in total. The molecule has 3 aliphatic heterocycles. The van der Waals surface area contributed by atoms with E-state index in [4.69, 9.17) is 0 Å². The quantitative estimate of drug-likeness (QED) is 0.443. The highest BCUT2D eigenvalue weighted by molar-refractivity contribution is 7.94. The molecule has 4 atom stereocenters. The molecule has 2 saturated heterocycles. The third-order valence-electron chi connectivity index (χ3n) is 5.06. The first kappa shape index (κ1) is 16.1. The van der Waals surface area contributed by atoms with Gasteiger partial charge in [-0.2, -0.15) is 0 Å². The first-order valence-electron chi connectivity index (χ1n) is 7.62. The second kappa shape index (κ2) is 4.83. The Morgan fingerprint density at radius 1 is 1.16 bits per heavy atom. The Hall–Kier alpha value is -2.39. The van der Waals surface area contributed by atoms with Crippen LogP contribution < -0.4 is 0 Å². The number of aliphatic carboxylic acids is 1. The number of carboxylic acids is 1. The summed E-state index contributed by atoms with van der Waals surface area (Å²) in [4.78, 5) is 51.2. The van der Waals surface area contributed by atoms with E-state index in [9.17, 15) is 28.8 Å². The molecule has 0 bridgehead atoms. The van der Waals surface area contributed by atoms with Crippen molar-refractivity contribution in [2.75, 3.05) is 0 Å². The van der Waals surface area contributed by atoms with Gasteiger partial charge in [0, 0.05) is 0 Å². The molecule has 0 spiro atoms. The standard InChI is InChI=1S/C16H14N2O6S/c1-16(2)10(15(22)23)18-13(21)9(14(18)25(16)24)17-11(19)7-5-3-4-6-8(7)12(17)20/h3-6,9-10,14H,1-2H3,(H,22,23)/t9-,10+,14-,25+/m1/s1. The smallest absolute Gasteiger partial charge is 0.332 e. The van der Waals surface area contributed by atoms with Crippen LogP contribution in [0.2, 0.25) is 0 Å². The van der Waals surface area contributed by atoms with E-state index in [1.165, 1.54) is 26.0 Å². The fourth-order valence-corrected chi connectivity index (χ4v) is 5.80. The van der Waals surface area contributed by atoms with Crippen molar-refractivity contribution in [3.8, 4) is 0 Å². The summed E-state index contributed by atoms with van der Waals surface area (Å²) in [6.45, 7) is 3.01. The number of carboxylic acid groups (broad SMARTS) is 1. The van der Waals surface area contributed by atoms with Crippen molar-refractivity contribution >= 4 is 34.9 Å². The van der Waals surface area contributed by atoms with E-state index in [1.54, 1.807) is 12.1 Å². The molecule has 2 fully saturated rings. The van der Waals surface area contributed by atoms with Gasteiger partial charge in [-0.05, 0) is 37.2 Å². The van der Waals surface area contributed by atoms with Crippen LogP contribution in [-0.4, -0.2) is 65.4 Å². The number of fused-ring (bicyclic) bond motifs is 2. The molecular formula is C16H14N2O6S. The molecule has 9 heteroatoms. The molecule has 1 aromatic rings. The first-order valence-corrected chi connectivity index (χ1v) is 8.83. The van der Waals surface area contributed by atoms with Crippen molar-refractivity contribution in [3.63, 3.8) is 0 Å². The molecule has 1 aromatic carbocycles. The molecule has 4 rings (SSSR count). The van der Waals surface area contributed by atoms with E-state index < -0.39 is 57.1 Å². The SMILES string of the molecule is CC1(C)[C@H](C(=O)O)N2C(=O)[C@@H](N3C(=O)c4ccccc4C3=O)[C@H]2[S@+]1[O-]. The predicted molar refractivity (Wildman–Crippen MR) is 85.0 cm³/mol. The molecule has 0 aliphatic carbocycles. The molecular weight excluding hydrogens is 348 g/mol. The van der Waals surface area contributed by atoms with Crippen LogP contribution in [0, 0.1) is 0 Å². The van der Waals surface area contributed by atoms with Crippen LogP contribution in [0.1, 0.15) is 34.6 Å². The lowest BCUT2D eigenvalue weighted by atomic mass is 9.95. The number of hydrogen-bond donors (Lipinski definition) is 1. The summed E-state index contributed by atoms with van der Waals surface area (Å²) in [6.07, 6.45) is 0. The van der Waals surface area contributed by atoms with Gasteiger partial charge in [0.1, 0.15) is 0 Å². The Kier molecular flexibility index (Phi) is 3.11. The summed E-state index contributed by atoms with van der Waals surface area (Å²) in [6, 6.07) is 3.73. The number of β-lactam (4-membered cyclic amide) rings is 1. The Morgan fingerprint density at radius 2 is 1.68 bits per heavy atom. The van der Waals surface area contributed by atoms with Crippen LogP contribution in [-0.2, 0) is 20.8 Å². The summed E-state index contributed by atoms with van der Waals surface area (Å²) in [5.74, 6) is -3.15. The van der Waals surface area contributed by atoms with Crippen LogP contribution in [0.5, 0.6) is 0 Å². The van der Waals surface area contributed by atoms with E-state index in [0.717, 1.165) is 9.80 Å². The number of rotatable bonds is 2.